The van der Waals surface area contributed by atoms with Crippen molar-refractivity contribution in [1.29, 1.82) is 0 Å². The lowest BCUT2D eigenvalue weighted by molar-refractivity contribution is 0.0908. The van der Waals surface area contributed by atoms with Crippen molar-refractivity contribution in [3.8, 4) is 0 Å². The molecule has 2 aliphatic rings. The molecule has 0 unspecified atom stereocenters. The summed E-state index contributed by atoms with van der Waals surface area (Å²) < 4.78 is 0. The maximum absolute atomic E-state index is 13.0. The van der Waals surface area contributed by atoms with Gasteiger partial charge in [-0.15, -0.1) is 0 Å². The summed E-state index contributed by atoms with van der Waals surface area (Å²) in [6.45, 7) is 5.76. The number of carbonyl (C=O) groups excluding carboxylic acids is 2. The van der Waals surface area contributed by atoms with Crippen LogP contribution in [0, 0.1) is 0 Å². The number of amides is 2. The molecule has 0 saturated carbocycles. The summed E-state index contributed by atoms with van der Waals surface area (Å²) >= 11 is 0. The zero-order valence-electron chi connectivity index (χ0n) is 22.0. The van der Waals surface area contributed by atoms with Gasteiger partial charge in [0.1, 0.15) is 0 Å². The minimum absolute atomic E-state index is 0.102. The maximum Gasteiger partial charge on any atom is 0.251 e. The molecular formula is C32H38N4O2. The van der Waals surface area contributed by atoms with Crippen molar-refractivity contribution in [2.75, 3.05) is 26.2 Å². The second kappa shape index (κ2) is 12.9. The fourth-order valence-corrected chi connectivity index (χ4v) is 5.49. The lowest BCUT2D eigenvalue weighted by atomic mass is 10.0. The van der Waals surface area contributed by atoms with Gasteiger partial charge in [0.25, 0.3) is 11.8 Å². The molecule has 2 saturated heterocycles. The van der Waals surface area contributed by atoms with Gasteiger partial charge in [-0.2, -0.15) is 0 Å². The van der Waals surface area contributed by atoms with E-state index in [0.717, 1.165) is 65.0 Å². The zero-order valence-corrected chi connectivity index (χ0v) is 22.0. The number of nitrogens with one attached hydrogen (secondary N) is 2. The first-order chi connectivity index (χ1) is 18.6. The van der Waals surface area contributed by atoms with Crippen LogP contribution in [-0.2, 0) is 13.1 Å². The van der Waals surface area contributed by atoms with Gasteiger partial charge >= 0.3 is 0 Å². The Kier molecular flexibility index (Phi) is 8.84. The van der Waals surface area contributed by atoms with Crippen molar-refractivity contribution in [2.45, 2.75) is 50.9 Å². The van der Waals surface area contributed by atoms with Crippen LogP contribution in [0.2, 0.25) is 0 Å². The summed E-state index contributed by atoms with van der Waals surface area (Å²) in [4.78, 5) is 30.8. The first-order valence-electron chi connectivity index (χ1n) is 13.9. The molecule has 2 aliphatic heterocycles. The largest absolute Gasteiger partial charge is 0.349 e. The van der Waals surface area contributed by atoms with Crippen molar-refractivity contribution in [3.63, 3.8) is 0 Å². The van der Waals surface area contributed by atoms with Crippen LogP contribution in [0.15, 0.2) is 84.9 Å². The average molecular weight is 511 g/mol. The molecular weight excluding hydrogens is 472 g/mol. The molecule has 2 heterocycles. The highest BCUT2D eigenvalue weighted by atomic mass is 16.2. The van der Waals surface area contributed by atoms with E-state index in [2.05, 4.69) is 69.0 Å². The Balaban J connectivity index is 1.06. The number of piperidine rings is 2. The van der Waals surface area contributed by atoms with E-state index >= 15 is 0 Å². The van der Waals surface area contributed by atoms with Gasteiger partial charge in [0.2, 0.25) is 0 Å². The minimum atomic E-state index is -0.102. The fraction of sp³-hybridized carbons (Fsp3) is 0.375. The molecule has 0 atom stereocenters. The topological polar surface area (TPSA) is 64.7 Å². The van der Waals surface area contributed by atoms with Crippen molar-refractivity contribution < 1.29 is 9.59 Å². The molecule has 2 N–H and O–H groups in total. The van der Waals surface area contributed by atoms with E-state index in [4.69, 9.17) is 0 Å². The molecule has 198 valence electrons. The quantitative estimate of drug-likeness (QED) is 0.469. The Morgan fingerprint density at radius 3 is 1.37 bits per heavy atom. The Morgan fingerprint density at radius 1 is 0.579 bits per heavy atom. The number of likely N-dealkylation sites (tertiary alicyclic amines) is 2. The number of hydrogen-bond acceptors (Lipinski definition) is 4. The Bertz CT molecular complexity index is 1090. The second-order valence-corrected chi connectivity index (χ2v) is 10.6. The minimum Gasteiger partial charge on any atom is -0.349 e. The molecule has 0 bridgehead atoms. The molecule has 38 heavy (non-hydrogen) atoms. The number of hydrogen-bond donors (Lipinski definition) is 2. The van der Waals surface area contributed by atoms with Crippen LogP contribution in [0.4, 0.5) is 0 Å². The molecule has 3 aromatic rings. The van der Waals surface area contributed by atoms with Crippen molar-refractivity contribution in [1.82, 2.24) is 20.4 Å². The molecule has 5 rings (SSSR count). The third-order valence-corrected chi connectivity index (χ3v) is 7.73. The first kappa shape index (κ1) is 26.1. The average Bonchev–Trinajstić information content (AvgIpc) is 2.96. The van der Waals surface area contributed by atoms with Crippen molar-refractivity contribution in [2.24, 2.45) is 0 Å². The molecule has 0 aliphatic carbocycles. The Morgan fingerprint density at radius 2 is 0.974 bits per heavy atom. The highest BCUT2D eigenvalue weighted by Gasteiger charge is 2.23. The molecule has 6 heteroatoms. The van der Waals surface area contributed by atoms with E-state index in [-0.39, 0.29) is 23.9 Å². The molecule has 2 fully saturated rings. The second-order valence-electron chi connectivity index (χ2n) is 10.6. The third-order valence-electron chi connectivity index (χ3n) is 7.73. The number of rotatable bonds is 8. The predicted octanol–water partition coefficient (Wildman–Crippen LogP) is 4.48. The molecule has 3 aromatic carbocycles. The standard InChI is InChI=1S/C32H38N4O2/c37-31(33-29-14-18-35(19-15-29)23-25-8-3-1-4-9-25)27-12-7-13-28(22-27)32(38)34-30-16-20-36(21-17-30)24-26-10-5-2-6-11-26/h1-13,22,29-30H,14-21,23-24H2,(H,33,37)(H,34,38). The molecule has 0 radical (unpaired) electrons. The number of nitrogens with zero attached hydrogens (tertiary/aromatic N) is 2. The summed E-state index contributed by atoms with van der Waals surface area (Å²) in [6, 6.07) is 28.4. The lowest BCUT2D eigenvalue weighted by Crippen LogP contribution is -2.44. The fourth-order valence-electron chi connectivity index (χ4n) is 5.49. The van der Waals surface area contributed by atoms with E-state index in [1.54, 1.807) is 24.3 Å². The van der Waals surface area contributed by atoms with E-state index < -0.39 is 0 Å². The van der Waals surface area contributed by atoms with Gasteiger partial charge in [-0.25, -0.2) is 0 Å². The van der Waals surface area contributed by atoms with Gasteiger partial charge < -0.3 is 10.6 Å². The highest BCUT2D eigenvalue weighted by Crippen LogP contribution is 2.17. The predicted molar refractivity (Wildman–Crippen MR) is 151 cm³/mol. The van der Waals surface area contributed by atoms with E-state index in [0.29, 0.717) is 11.1 Å². The Hall–Kier alpha value is -3.48. The first-order valence-corrected chi connectivity index (χ1v) is 13.9. The van der Waals surface area contributed by atoms with E-state index in [9.17, 15) is 9.59 Å². The molecule has 2 amide bonds. The van der Waals surface area contributed by atoms with Gasteiger partial charge in [-0.05, 0) is 55.0 Å². The summed E-state index contributed by atoms with van der Waals surface area (Å²) in [5.41, 5.74) is 3.73. The summed E-state index contributed by atoms with van der Waals surface area (Å²) in [5, 5.41) is 6.38. The summed E-state index contributed by atoms with van der Waals surface area (Å²) in [6.07, 6.45) is 3.73. The van der Waals surface area contributed by atoms with E-state index in [1.807, 2.05) is 12.1 Å². The van der Waals surface area contributed by atoms with Gasteiger partial charge in [0.05, 0.1) is 0 Å². The van der Waals surface area contributed by atoms with Gasteiger partial charge in [0, 0.05) is 62.5 Å². The van der Waals surface area contributed by atoms with Crippen LogP contribution in [0.5, 0.6) is 0 Å². The maximum atomic E-state index is 13.0. The van der Waals surface area contributed by atoms with Crippen LogP contribution >= 0.6 is 0 Å². The van der Waals surface area contributed by atoms with Crippen LogP contribution in [0.1, 0.15) is 57.5 Å². The van der Waals surface area contributed by atoms with E-state index in [1.165, 1.54) is 11.1 Å². The molecule has 0 spiro atoms. The summed E-state index contributed by atoms with van der Waals surface area (Å²) in [5.74, 6) is -0.203. The van der Waals surface area contributed by atoms with Crippen molar-refractivity contribution >= 4 is 11.8 Å². The summed E-state index contributed by atoms with van der Waals surface area (Å²) in [7, 11) is 0. The normalized spacial score (nSPS) is 17.7. The van der Waals surface area contributed by atoms with Crippen molar-refractivity contribution in [3.05, 3.63) is 107 Å². The SMILES string of the molecule is O=C(NC1CCN(Cc2ccccc2)CC1)c1cccc(C(=O)NC2CCN(Cc3ccccc3)CC2)c1. The number of carbonyl (C=O) groups is 2. The van der Waals surface area contributed by atoms with Gasteiger partial charge in [0.15, 0.2) is 0 Å². The van der Waals surface area contributed by atoms with Crippen LogP contribution in [0.3, 0.4) is 0 Å². The smallest absolute Gasteiger partial charge is 0.251 e. The van der Waals surface area contributed by atoms with Gasteiger partial charge in [-0.3, -0.25) is 19.4 Å². The lowest BCUT2D eigenvalue weighted by Gasteiger charge is -2.32. The van der Waals surface area contributed by atoms with Gasteiger partial charge in [-0.1, -0.05) is 66.7 Å². The van der Waals surface area contributed by atoms with Crippen LogP contribution in [0.25, 0.3) is 0 Å². The highest BCUT2D eigenvalue weighted by molar-refractivity contribution is 5.99. The number of benzene rings is 3. The van der Waals surface area contributed by atoms with Crippen LogP contribution in [-0.4, -0.2) is 59.9 Å². The zero-order chi connectivity index (χ0) is 26.2. The third kappa shape index (κ3) is 7.30. The Labute approximate surface area is 226 Å². The van der Waals surface area contributed by atoms with Crippen LogP contribution < -0.4 is 10.6 Å². The monoisotopic (exact) mass is 510 g/mol. The molecule has 6 nitrogen and oxygen atoms in total. The molecule has 0 aromatic heterocycles.